The molecule has 0 spiro atoms. The quantitative estimate of drug-likeness (QED) is 0.204. The van der Waals surface area contributed by atoms with Crippen LogP contribution in [0.3, 0.4) is 0 Å². The summed E-state index contributed by atoms with van der Waals surface area (Å²) in [6, 6.07) is 22.2. The third-order valence-corrected chi connectivity index (χ3v) is 7.89. The molecule has 41 heavy (non-hydrogen) atoms. The van der Waals surface area contributed by atoms with Crippen LogP contribution in [0.2, 0.25) is 5.02 Å². The Bertz CT molecular complexity index is 1760. The Balaban J connectivity index is 1.47. The molecule has 210 valence electrons. The highest BCUT2D eigenvalue weighted by Crippen LogP contribution is 2.31. The third-order valence-electron chi connectivity index (χ3n) is 6.65. The fraction of sp³-hybridized carbons (Fsp3) is 0.219. The van der Waals surface area contributed by atoms with Crippen LogP contribution in [0.25, 0.3) is 6.08 Å². The number of allylic oxidation sites excluding steroid dienone is 1. The van der Waals surface area contributed by atoms with Crippen molar-refractivity contribution in [3.63, 3.8) is 0 Å². The van der Waals surface area contributed by atoms with Crippen LogP contribution >= 0.6 is 22.9 Å². The van der Waals surface area contributed by atoms with Crippen LogP contribution in [0.1, 0.15) is 35.2 Å². The summed E-state index contributed by atoms with van der Waals surface area (Å²) in [4.78, 5) is 32.1. The zero-order valence-electron chi connectivity index (χ0n) is 22.9. The maximum Gasteiger partial charge on any atom is 0.338 e. The van der Waals surface area contributed by atoms with Crippen molar-refractivity contribution in [2.24, 2.45) is 4.99 Å². The van der Waals surface area contributed by atoms with Crippen molar-refractivity contribution in [2.75, 3.05) is 20.3 Å². The van der Waals surface area contributed by atoms with E-state index in [0.29, 0.717) is 32.2 Å². The molecule has 0 aliphatic carbocycles. The summed E-state index contributed by atoms with van der Waals surface area (Å²) < 4.78 is 18.4. The molecule has 3 aromatic carbocycles. The van der Waals surface area contributed by atoms with Gasteiger partial charge in [0.05, 0.1) is 28.5 Å². The van der Waals surface area contributed by atoms with Crippen LogP contribution in [0.15, 0.2) is 93.9 Å². The first kappa shape index (κ1) is 28.5. The van der Waals surface area contributed by atoms with Gasteiger partial charge in [-0.1, -0.05) is 77.0 Å². The number of halogens is 1. The summed E-state index contributed by atoms with van der Waals surface area (Å²) in [5, 5.41) is 0.553. The van der Waals surface area contributed by atoms with E-state index in [1.807, 2.05) is 42.5 Å². The maximum atomic E-state index is 13.8. The van der Waals surface area contributed by atoms with Crippen LogP contribution in [0, 0.1) is 6.92 Å². The number of carbonyl (C=O) groups excluding carboxylic acids is 1. The third kappa shape index (κ3) is 6.51. The molecule has 0 radical (unpaired) electrons. The molecule has 0 amide bonds. The molecule has 2 heterocycles. The molecule has 0 bridgehead atoms. The van der Waals surface area contributed by atoms with Crippen molar-refractivity contribution in [1.29, 1.82) is 0 Å². The molecule has 9 heteroatoms. The van der Waals surface area contributed by atoms with Gasteiger partial charge in [-0.2, -0.15) is 0 Å². The lowest BCUT2D eigenvalue weighted by molar-refractivity contribution is -0.140. The fourth-order valence-electron chi connectivity index (χ4n) is 4.50. The molecule has 1 aliphatic rings. The van der Waals surface area contributed by atoms with Gasteiger partial charge in [-0.15, -0.1) is 0 Å². The Kier molecular flexibility index (Phi) is 8.83. The van der Waals surface area contributed by atoms with Gasteiger partial charge in [0.25, 0.3) is 5.56 Å². The van der Waals surface area contributed by atoms with E-state index in [1.54, 1.807) is 35.8 Å². The molecule has 0 saturated heterocycles. The number of thiazole rings is 1. The van der Waals surface area contributed by atoms with Gasteiger partial charge in [0.1, 0.15) is 19.0 Å². The van der Waals surface area contributed by atoms with Gasteiger partial charge < -0.3 is 14.2 Å². The summed E-state index contributed by atoms with van der Waals surface area (Å²) in [5.74, 6) is 0.193. The zero-order chi connectivity index (χ0) is 28.9. The van der Waals surface area contributed by atoms with Crippen LogP contribution in [0.5, 0.6) is 5.75 Å². The topological polar surface area (TPSA) is 79.1 Å². The number of benzene rings is 3. The maximum absolute atomic E-state index is 13.8. The second kappa shape index (κ2) is 12.7. The van der Waals surface area contributed by atoms with Gasteiger partial charge in [-0.25, -0.2) is 9.79 Å². The van der Waals surface area contributed by atoms with Gasteiger partial charge in [0, 0.05) is 12.1 Å². The van der Waals surface area contributed by atoms with Crippen molar-refractivity contribution >= 4 is 35.0 Å². The number of nitrogens with zero attached hydrogens (tertiary/aromatic N) is 2. The monoisotopic (exact) mass is 588 g/mol. The van der Waals surface area contributed by atoms with E-state index in [0.717, 1.165) is 22.4 Å². The Morgan fingerprint density at radius 3 is 2.39 bits per heavy atom. The van der Waals surface area contributed by atoms with E-state index in [1.165, 1.54) is 24.0 Å². The summed E-state index contributed by atoms with van der Waals surface area (Å²) >= 11 is 7.41. The van der Waals surface area contributed by atoms with Crippen molar-refractivity contribution in [2.45, 2.75) is 26.5 Å². The molecule has 5 rings (SSSR count). The lowest BCUT2D eigenvalue weighted by atomic mass is 9.96. The average Bonchev–Trinajstić information content (AvgIpc) is 3.27. The van der Waals surface area contributed by atoms with Gasteiger partial charge in [0.15, 0.2) is 4.80 Å². The predicted octanol–water partition coefficient (Wildman–Crippen LogP) is 4.97. The lowest BCUT2D eigenvalue weighted by Gasteiger charge is -2.24. The van der Waals surface area contributed by atoms with E-state index < -0.39 is 12.0 Å². The largest absolute Gasteiger partial charge is 0.489 e. The smallest absolute Gasteiger partial charge is 0.338 e. The Labute approximate surface area is 246 Å². The minimum Gasteiger partial charge on any atom is -0.489 e. The second-order valence-electron chi connectivity index (χ2n) is 9.61. The van der Waals surface area contributed by atoms with Crippen molar-refractivity contribution in [3.8, 4) is 5.75 Å². The van der Waals surface area contributed by atoms with Gasteiger partial charge in [0.2, 0.25) is 0 Å². The number of aryl methyl sites for hydroxylation is 1. The van der Waals surface area contributed by atoms with E-state index >= 15 is 0 Å². The molecular formula is C32H29ClN2O5S. The summed E-state index contributed by atoms with van der Waals surface area (Å²) in [5.41, 5.74) is 4.42. The second-order valence-corrected chi connectivity index (χ2v) is 11.1. The van der Waals surface area contributed by atoms with E-state index in [9.17, 15) is 9.59 Å². The molecule has 0 saturated carbocycles. The molecule has 1 atom stereocenters. The van der Waals surface area contributed by atoms with Gasteiger partial charge in [-0.05, 0) is 60.9 Å². The van der Waals surface area contributed by atoms with Crippen LogP contribution in [0.4, 0.5) is 0 Å². The number of methoxy groups -OCH3 is 1. The number of hydrogen-bond acceptors (Lipinski definition) is 7. The average molecular weight is 589 g/mol. The molecule has 0 fully saturated rings. The fourth-order valence-corrected chi connectivity index (χ4v) is 5.67. The van der Waals surface area contributed by atoms with Crippen molar-refractivity contribution in [3.05, 3.63) is 131 Å². The van der Waals surface area contributed by atoms with Crippen LogP contribution in [-0.4, -0.2) is 30.9 Å². The molecule has 1 aromatic heterocycles. The standard InChI is InChI=1S/C32H29ClN2O5S/c1-20-4-6-23(7-5-20)19-40-26-14-8-22(9-15-26)18-27-30(36)35-29(24-10-12-25(33)13-11-24)28(21(2)34-32(35)41-27)31(37)39-17-16-38-3/h4-15,18,29H,16-17,19H2,1-3H3. The number of esters is 1. The highest BCUT2D eigenvalue weighted by Gasteiger charge is 2.33. The minimum absolute atomic E-state index is 0.0919. The van der Waals surface area contributed by atoms with E-state index in [4.69, 9.17) is 25.8 Å². The van der Waals surface area contributed by atoms with Gasteiger partial charge >= 0.3 is 5.97 Å². The summed E-state index contributed by atoms with van der Waals surface area (Å²) in [6.45, 7) is 4.63. The lowest BCUT2D eigenvalue weighted by Crippen LogP contribution is -2.40. The number of carbonyl (C=O) groups is 1. The van der Waals surface area contributed by atoms with E-state index in [-0.39, 0.29) is 18.8 Å². The normalized spacial score (nSPS) is 14.9. The first-order valence-corrected chi connectivity index (χ1v) is 14.3. The predicted molar refractivity (Wildman–Crippen MR) is 160 cm³/mol. The van der Waals surface area contributed by atoms with E-state index in [2.05, 4.69) is 24.0 Å². The number of hydrogen-bond donors (Lipinski definition) is 0. The Hall–Kier alpha value is -3.98. The SMILES string of the molecule is COCCOC(=O)C1=C(C)N=c2sc(=Cc3ccc(OCc4ccc(C)cc4)cc3)c(=O)n2C1c1ccc(Cl)cc1. The Morgan fingerprint density at radius 2 is 1.71 bits per heavy atom. The molecule has 1 unspecified atom stereocenters. The number of fused-ring (bicyclic) bond motifs is 1. The molecular weight excluding hydrogens is 560 g/mol. The summed E-state index contributed by atoms with van der Waals surface area (Å²) in [6.07, 6.45) is 1.82. The van der Waals surface area contributed by atoms with Crippen molar-refractivity contribution in [1.82, 2.24) is 4.57 Å². The van der Waals surface area contributed by atoms with Gasteiger partial charge in [-0.3, -0.25) is 9.36 Å². The molecule has 7 nitrogen and oxygen atoms in total. The highest BCUT2D eigenvalue weighted by atomic mass is 35.5. The number of ether oxygens (including phenoxy) is 3. The summed E-state index contributed by atoms with van der Waals surface area (Å²) in [7, 11) is 1.53. The van der Waals surface area contributed by atoms with Crippen LogP contribution in [-0.2, 0) is 20.9 Å². The van der Waals surface area contributed by atoms with Crippen molar-refractivity contribution < 1.29 is 19.0 Å². The molecule has 0 N–H and O–H groups in total. The van der Waals surface area contributed by atoms with Crippen LogP contribution < -0.4 is 19.6 Å². The number of rotatable bonds is 9. The first-order chi connectivity index (χ1) is 19.8. The minimum atomic E-state index is -0.710. The number of aromatic nitrogens is 1. The molecule has 4 aromatic rings. The zero-order valence-corrected chi connectivity index (χ0v) is 24.5. The Morgan fingerprint density at radius 1 is 1.00 bits per heavy atom. The first-order valence-electron chi connectivity index (χ1n) is 13.1. The highest BCUT2D eigenvalue weighted by molar-refractivity contribution is 7.07. The molecule has 1 aliphatic heterocycles.